The van der Waals surface area contributed by atoms with Crippen molar-refractivity contribution in [1.82, 2.24) is 10.2 Å². The van der Waals surface area contributed by atoms with Gasteiger partial charge in [-0.15, -0.1) is 0 Å². The number of amides is 1. The van der Waals surface area contributed by atoms with Crippen molar-refractivity contribution in [3.63, 3.8) is 0 Å². The molecular formula is C16H28N2O3. The number of carboxylic acids is 1. The molecule has 1 aliphatic heterocycles. The lowest BCUT2D eigenvalue weighted by molar-refractivity contribution is -0.141. The van der Waals surface area contributed by atoms with E-state index in [1.807, 2.05) is 0 Å². The van der Waals surface area contributed by atoms with E-state index in [2.05, 4.69) is 17.1 Å². The predicted octanol–water partition coefficient (Wildman–Crippen LogP) is 1.87. The van der Waals surface area contributed by atoms with Crippen LogP contribution < -0.4 is 5.32 Å². The lowest BCUT2D eigenvalue weighted by atomic mass is 10.0. The number of piperidine rings is 1. The summed E-state index contributed by atoms with van der Waals surface area (Å²) in [5.74, 6) is -1.13. The number of carbonyl (C=O) groups is 2. The molecule has 2 rings (SSSR count). The summed E-state index contributed by atoms with van der Waals surface area (Å²) < 4.78 is 0. The van der Waals surface area contributed by atoms with Gasteiger partial charge in [0.25, 0.3) is 0 Å². The molecule has 1 saturated carbocycles. The van der Waals surface area contributed by atoms with E-state index in [-0.39, 0.29) is 17.7 Å². The van der Waals surface area contributed by atoms with Crippen LogP contribution in [0.2, 0.25) is 0 Å². The quantitative estimate of drug-likeness (QED) is 0.734. The van der Waals surface area contributed by atoms with E-state index in [9.17, 15) is 9.59 Å². The Kier molecular flexibility index (Phi) is 6.03. The third-order valence-electron chi connectivity index (χ3n) is 5.01. The summed E-state index contributed by atoms with van der Waals surface area (Å²) in [6, 6.07) is 0.667. The van der Waals surface area contributed by atoms with E-state index < -0.39 is 5.97 Å². The van der Waals surface area contributed by atoms with Crippen molar-refractivity contribution in [2.24, 2.45) is 11.8 Å². The van der Waals surface area contributed by atoms with Crippen LogP contribution in [-0.2, 0) is 9.59 Å². The van der Waals surface area contributed by atoms with Gasteiger partial charge >= 0.3 is 5.97 Å². The molecular weight excluding hydrogens is 268 g/mol. The molecule has 0 aromatic heterocycles. The highest BCUT2D eigenvalue weighted by Gasteiger charge is 2.33. The largest absolute Gasteiger partial charge is 0.481 e. The van der Waals surface area contributed by atoms with Crippen molar-refractivity contribution in [3.05, 3.63) is 0 Å². The molecule has 1 unspecified atom stereocenters. The summed E-state index contributed by atoms with van der Waals surface area (Å²) in [5.41, 5.74) is 0. The Labute approximate surface area is 127 Å². The number of hydrogen-bond acceptors (Lipinski definition) is 3. The zero-order valence-electron chi connectivity index (χ0n) is 13.0. The molecule has 3 atom stereocenters. The van der Waals surface area contributed by atoms with Crippen LogP contribution in [0.3, 0.4) is 0 Å². The Hall–Kier alpha value is -1.10. The molecule has 2 fully saturated rings. The first-order chi connectivity index (χ1) is 10.1. The van der Waals surface area contributed by atoms with Gasteiger partial charge in [-0.25, -0.2) is 0 Å². The lowest BCUT2D eigenvalue weighted by Gasteiger charge is -2.33. The Balaban J connectivity index is 1.60. The van der Waals surface area contributed by atoms with Crippen LogP contribution in [0.5, 0.6) is 0 Å². The molecule has 2 N–H and O–H groups in total. The highest BCUT2D eigenvalue weighted by molar-refractivity contribution is 5.80. The molecule has 0 aromatic rings. The van der Waals surface area contributed by atoms with Crippen LogP contribution >= 0.6 is 0 Å². The molecule has 5 nitrogen and oxygen atoms in total. The van der Waals surface area contributed by atoms with Gasteiger partial charge < -0.3 is 15.3 Å². The summed E-state index contributed by atoms with van der Waals surface area (Å²) >= 11 is 0. The second-order valence-electron chi connectivity index (χ2n) is 6.57. The smallest absolute Gasteiger partial charge is 0.306 e. The van der Waals surface area contributed by atoms with Crippen LogP contribution in [-0.4, -0.2) is 47.6 Å². The maximum absolute atomic E-state index is 12.0. The third-order valence-corrected chi connectivity index (χ3v) is 5.01. The van der Waals surface area contributed by atoms with Crippen LogP contribution in [0.4, 0.5) is 0 Å². The number of rotatable bonds is 6. The fraction of sp³-hybridized carbons (Fsp3) is 0.875. The average Bonchev–Trinajstić information content (AvgIpc) is 2.95. The minimum atomic E-state index is -0.760. The minimum Gasteiger partial charge on any atom is -0.481 e. The molecule has 1 amide bonds. The minimum absolute atomic E-state index is 0.0467. The Morgan fingerprint density at radius 2 is 1.95 bits per heavy atom. The van der Waals surface area contributed by atoms with E-state index in [0.29, 0.717) is 31.8 Å². The predicted molar refractivity (Wildman–Crippen MR) is 81.0 cm³/mol. The zero-order chi connectivity index (χ0) is 15.2. The van der Waals surface area contributed by atoms with Crippen molar-refractivity contribution < 1.29 is 14.7 Å². The topological polar surface area (TPSA) is 69.6 Å². The van der Waals surface area contributed by atoms with Gasteiger partial charge in [0, 0.05) is 25.0 Å². The molecule has 0 spiro atoms. The fourth-order valence-corrected chi connectivity index (χ4v) is 3.57. The van der Waals surface area contributed by atoms with Crippen molar-refractivity contribution >= 4 is 11.9 Å². The molecule has 120 valence electrons. The SMILES string of the molecule is CC1CCCCN1CCCNC(=O)[C@@H]1CC[C@H](C(=O)O)C1. The number of hydrogen-bond donors (Lipinski definition) is 2. The lowest BCUT2D eigenvalue weighted by Crippen LogP contribution is -2.39. The second-order valence-corrected chi connectivity index (χ2v) is 6.57. The van der Waals surface area contributed by atoms with Gasteiger partial charge in [-0.2, -0.15) is 0 Å². The molecule has 21 heavy (non-hydrogen) atoms. The van der Waals surface area contributed by atoms with Gasteiger partial charge in [-0.3, -0.25) is 9.59 Å². The molecule has 1 aliphatic carbocycles. The average molecular weight is 296 g/mol. The fourth-order valence-electron chi connectivity index (χ4n) is 3.57. The number of carboxylic acid groups (broad SMARTS) is 1. The number of carbonyl (C=O) groups excluding carboxylic acids is 1. The molecule has 2 aliphatic rings. The van der Waals surface area contributed by atoms with Crippen LogP contribution in [0.1, 0.15) is 51.9 Å². The van der Waals surface area contributed by atoms with Gasteiger partial charge in [0.2, 0.25) is 5.91 Å². The van der Waals surface area contributed by atoms with E-state index in [4.69, 9.17) is 5.11 Å². The summed E-state index contributed by atoms with van der Waals surface area (Å²) in [4.78, 5) is 25.4. The summed E-state index contributed by atoms with van der Waals surface area (Å²) in [7, 11) is 0. The Morgan fingerprint density at radius 1 is 1.19 bits per heavy atom. The normalized spacial score (nSPS) is 30.2. The number of nitrogens with zero attached hydrogens (tertiary/aromatic N) is 1. The first-order valence-electron chi connectivity index (χ1n) is 8.32. The second kappa shape index (κ2) is 7.78. The first-order valence-corrected chi connectivity index (χ1v) is 8.32. The van der Waals surface area contributed by atoms with Gasteiger partial charge in [-0.1, -0.05) is 6.42 Å². The first kappa shape index (κ1) is 16.3. The number of likely N-dealkylation sites (tertiary alicyclic amines) is 1. The van der Waals surface area contributed by atoms with Crippen LogP contribution in [0.25, 0.3) is 0 Å². The third kappa shape index (κ3) is 4.70. The van der Waals surface area contributed by atoms with E-state index >= 15 is 0 Å². The van der Waals surface area contributed by atoms with Crippen LogP contribution in [0, 0.1) is 11.8 Å². The van der Waals surface area contributed by atoms with E-state index in [1.165, 1.54) is 25.8 Å². The monoisotopic (exact) mass is 296 g/mol. The van der Waals surface area contributed by atoms with Gasteiger partial charge in [0.1, 0.15) is 0 Å². The molecule has 5 heteroatoms. The van der Waals surface area contributed by atoms with Crippen molar-refractivity contribution in [2.45, 2.75) is 57.9 Å². The number of nitrogens with one attached hydrogen (secondary N) is 1. The molecule has 0 radical (unpaired) electrons. The van der Waals surface area contributed by atoms with Crippen LogP contribution in [0.15, 0.2) is 0 Å². The summed E-state index contributed by atoms with van der Waals surface area (Å²) in [6.45, 7) is 5.21. The summed E-state index contributed by atoms with van der Waals surface area (Å²) in [5, 5.41) is 11.9. The van der Waals surface area contributed by atoms with E-state index in [0.717, 1.165) is 13.0 Å². The molecule has 1 heterocycles. The van der Waals surface area contributed by atoms with Gasteiger partial charge in [-0.05, 0) is 52.0 Å². The van der Waals surface area contributed by atoms with Crippen molar-refractivity contribution in [3.8, 4) is 0 Å². The number of aliphatic carboxylic acids is 1. The summed E-state index contributed by atoms with van der Waals surface area (Å²) in [6.07, 6.45) is 6.74. The van der Waals surface area contributed by atoms with E-state index in [1.54, 1.807) is 0 Å². The molecule has 1 saturated heterocycles. The van der Waals surface area contributed by atoms with Gasteiger partial charge in [0.05, 0.1) is 5.92 Å². The van der Waals surface area contributed by atoms with Crippen molar-refractivity contribution in [1.29, 1.82) is 0 Å². The highest BCUT2D eigenvalue weighted by atomic mass is 16.4. The maximum atomic E-state index is 12.0. The van der Waals surface area contributed by atoms with Crippen molar-refractivity contribution in [2.75, 3.05) is 19.6 Å². The Bertz CT molecular complexity index is 373. The zero-order valence-corrected chi connectivity index (χ0v) is 13.0. The highest BCUT2D eigenvalue weighted by Crippen LogP contribution is 2.31. The standard InChI is InChI=1S/C16H28N2O3/c1-12-5-2-3-9-18(12)10-4-8-17-15(19)13-6-7-14(11-13)16(20)21/h12-14H,2-11H2,1H3,(H,17,19)(H,20,21)/t12?,13-,14+/m1/s1. The van der Waals surface area contributed by atoms with Gasteiger partial charge in [0.15, 0.2) is 0 Å². The Morgan fingerprint density at radius 3 is 2.62 bits per heavy atom. The maximum Gasteiger partial charge on any atom is 0.306 e. The molecule has 0 aromatic carbocycles. The molecule has 0 bridgehead atoms.